The van der Waals surface area contributed by atoms with Crippen molar-refractivity contribution in [1.29, 1.82) is 0 Å². The lowest BCUT2D eigenvalue weighted by atomic mass is 10.5. The van der Waals surface area contributed by atoms with Crippen molar-refractivity contribution in [3.8, 4) is 0 Å². The first-order valence-corrected chi connectivity index (χ1v) is 3.93. The number of hydrogen-bond donors (Lipinski definition) is 1. The van der Waals surface area contributed by atoms with Crippen LogP contribution in [0.4, 0.5) is 0 Å². The fourth-order valence-corrected chi connectivity index (χ4v) is 1.01. The van der Waals surface area contributed by atoms with Crippen LogP contribution in [0.3, 0.4) is 0 Å². The summed E-state index contributed by atoms with van der Waals surface area (Å²) in [6.45, 7) is 0.246. The molecule has 6 nitrogen and oxygen atoms in total. The van der Waals surface area contributed by atoms with E-state index in [4.69, 9.17) is 0 Å². The Morgan fingerprint density at radius 1 is 1.29 bits per heavy atom. The van der Waals surface area contributed by atoms with E-state index < -0.39 is 0 Å². The maximum atomic E-state index is 9.92. The number of rotatable bonds is 3. The number of nitrogens with one attached hydrogen (secondary N) is 1. The fourth-order valence-electron chi connectivity index (χ4n) is 1.01. The molecule has 0 fully saturated rings. The van der Waals surface area contributed by atoms with Gasteiger partial charge in [0.25, 0.3) is 0 Å². The molecule has 1 radical (unpaired) electrons. The van der Waals surface area contributed by atoms with Crippen LogP contribution in [-0.2, 0) is 11.3 Å². The molecule has 0 bridgehead atoms. The standard InChI is InChI=1S/C8H6N5O/c14-5-9-4-7-12-3-6-8(13-7)11-2-1-10-6/h1-3H,4H2,(H,9,14). The van der Waals surface area contributed by atoms with Gasteiger partial charge in [-0.1, -0.05) is 0 Å². The Labute approximate surface area is 79.4 Å². The summed E-state index contributed by atoms with van der Waals surface area (Å²) in [7, 11) is 0. The molecular formula is C8H6N5O. The summed E-state index contributed by atoms with van der Waals surface area (Å²) in [5.74, 6) is 0.487. The molecule has 6 heteroatoms. The van der Waals surface area contributed by atoms with Gasteiger partial charge in [0, 0.05) is 12.4 Å². The van der Waals surface area contributed by atoms with Gasteiger partial charge in [-0.05, 0) is 0 Å². The highest BCUT2D eigenvalue weighted by Crippen LogP contribution is 2.02. The fraction of sp³-hybridized carbons (Fsp3) is 0.125. The largest absolute Gasteiger partial charge is 0.341 e. The van der Waals surface area contributed by atoms with E-state index in [9.17, 15) is 4.79 Å². The van der Waals surface area contributed by atoms with Crippen molar-refractivity contribution in [2.24, 2.45) is 0 Å². The number of nitrogens with zero attached hydrogens (tertiary/aromatic N) is 4. The van der Waals surface area contributed by atoms with Crippen molar-refractivity contribution >= 4 is 17.6 Å². The zero-order valence-corrected chi connectivity index (χ0v) is 7.14. The summed E-state index contributed by atoms with van der Waals surface area (Å²) < 4.78 is 0. The minimum absolute atomic E-state index is 0.246. The first kappa shape index (κ1) is 8.49. The van der Waals surface area contributed by atoms with Crippen LogP contribution < -0.4 is 5.32 Å². The van der Waals surface area contributed by atoms with Crippen LogP contribution in [0.15, 0.2) is 18.6 Å². The summed E-state index contributed by atoms with van der Waals surface area (Å²) in [5, 5.41) is 2.35. The Morgan fingerprint density at radius 3 is 3.00 bits per heavy atom. The van der Waals surface area contributed by atoms with Crippen molar-refractivity contribution in [2.45, 2.75) is 6.54 Å². The Balaban J connectivity index is 2.36. The van der Waals surface area contributed by atoms with Crippen molar-refractivity contribution in [3.63, 3.8) is 0 Å². The van der Waals surface area contributed by atoms with Gasteiger partial charge in [-0.25, -0.2) is 19.9 Å². The van der Waals surface area contributed by atoms with E-state index >= 15 is 0 Å². The summed E-state index contributed by atoms with van der Waals surface area (Å²) >= 11 is 0. The van der Waals surface area contributed by atoms with Crippen LogP contribution in [0.5, 0.6) is 0 Å². The Bertz CT molecular complexity index is 458. The number of aromatic nitrogens is 4. The third-order valence-corrected chi connectivity index (χ3v) is 1.60. The lowest BCUT2D eigenvalue weighted by Gasteiger charge is -1.98. The smallest absolute Gasteiger partial charge is 0.309 e. The summed E-state index contributed by atoms with van der Waals surface area (Å²) in [5.41, 5.74) is 1.15. The average Bonchev–Trinajstić information content (AvgIpc) is 2.26. The molecule has 0 saturated carbocycles. The van der Waals surface area contributed by atoms with Crippen LogP contribution in [0, 0.1) is 0 Å². The van der Waals surface area contributed by atoms with Crippen LogP contribution in [0.2, 0.25) is 0 Å². The molecule has 1 N–H and O–H groups in total. The van der Waals surface area contributed by atoms with E-state index in [0.29, 0.717) is 17.0 Å². The second kappa shape index (κ2) is 3.73. The van der Waals surface area contributed by atoms with Gasteiger partial charge >= 0.3 is 6.41 Å². The molecule has 0 spiro atoms. The summed E-state index contributed by atoms with van der Waals surface area (Å²) in [4.78, 5) is 26.0. The highest BCUT2D eigenvalue weighted by atomic mass is 16.1. The first-order chi connectivity index (χ1) is 6.90. The number of hydrogen-bond acceptors (Lipinski definition) is 5. The number of amides is 1. The minimum Gasteiger partial charge on any atom is -0.341 e. The molecular weight excluding hydrogens is 182 g/mol. The second-order valence-electron chi connectivity index (χ2n) is 2.51. The lowest BCUT2D eigenvalue weighted by Crippen LogP contribution is -2.12. The Morgan fingerprint density at radius 2 is 2.14 bits per heavy atom. The van der Waals surface area contributed by atoms with Gasteiger partial charge in [0.1, 0.15) is 11.3 Å². The Hall–Kier alpha value is -2.11. The van der Waals surface area contributed by atoms with Gasteiger partial charge < -0.3 is 5.32 Å². The van der Waals surface area contributed by atoms with Gasteiger partial charge in [0.15, 0.2) is 5.65 Å². The molecule has 0 aliphatic carbocycles. The van der Waals surface area contributed by atoms with Gasteiger partial charge in [-0.3, -0.25) is 4.79 Å². The molecule has 2 aromatic heterocycles. The van der Waals surface area contributed by atoms with Crippen molar-refractivity contribution in [3.05, 3.63) is 24.4 Å². The third kappa shape index (κ3) is 1.63. The van der Waals surface area contributed by atoms with Crippen molar-refractivity contribution in [2.75, 3.05) is 0 Å². The van der Waals surface area contributed by atoms with E-state index in [1.165, 1.54) is 0 Å². The van der Waals surface area contributed by atoms with E-state index in [-0.39, 0.29) is 6.54 Å². The van der Waals surface area contributed by atoms with Gasteiger partial charge in [0.05, 0.1) is 12.7 Å². The molecule has 0 aliphatic rings. The van der Waals surface area contributed by atoms with E-state index in [1.54, 1.807) is 25.0 Å². The highest BCUT2D eigenvalue weighted by Gasteiger charge is 2.00. The maximum Gasteiger partial charge on any atom is 0.309 e. The predicted molar refractivity (Wildman–Crippen MR) is 47.7 cm³/mol. The zero-order chi connectivity index (χ0) is 9.80. The molecule has 2 heterocycles. The summed E-state index contributed by atoms with van der Waals surface area (Å²) in [6.07, 6.45) is 6.24. The SMILES string of the molecule is O=[C]NCc1ncc2nccnc2n1. The molecule has 14 heavy (non-hydrogen) atoms. The number of fused-ring (bicyclic) bond motifs is 1. The van der Waals surface area contributed by atoms with E-state index in [2.05, 4.69) is 25.3 Å². The normalized spacial score (nSPS) is 10.0. The molecule has 1 amide bonds. The minimum atomic E-state index is 0.246. The van der Waals surface area contributed by atoms with Crippen LogP contribution in [0.1, 0.15) is 5.82 Å². The monoisotopic (exact) mass is 188 g/mol. The average molecular weight is 188 g/mol. The molecule has 2 aromatic rings. The van der Waals surface area contributed by atoms with E-state index in [0.717, 1.165) is 0 Å². The molecule has 0 aromatic carbocycles. The molecule has 0 atom stereocenters. The topological polar surface area (TPSA) is 80.7 Å². The van der Waals surface area contributed by atoms with Gasteiger partial charge in [-0.15, -0.1) is 0 Å². The molecule has 69 valence electrons. The number of carbonyl (C=O) groups excluding carboxylic acids is 1. The van der Waals surface area contributed by atoms with Gasteiger partial charge in [0.2, 0.25) is 0 Å². The molecule has 0 aliphatic heterocycles. The van der Waals surface area contributed by atoms with Crippen molar-refractivity contribution < 1.29 is 4.79 Å². The predicted octanol–water partition coefficient (Wildman–Crippen LogP) is -0.423. The zero-order valence-electron chi connectivity index (χ0n) is 7.14. The van der Waals surface area contributed by atoms with Gasteiger partial charge in [-0.2, -0.15) is 0 Å². The quantitative estimate of drug-likeness (QED) is 0.661. The van der Waals surface area contributed by atoms with Crippen LogP contribution in [0.25, 0.3) is 11.2 Å². The summed E-state index contributed by atoms with van der Waals surface area (Å²) in [6, 6.07) is 0. The lowest BCUT2D eigenvalue weighted by molar-refractivity contribution is 0.540. The van der Waals surface area contributed by atoms with Crippen LogP contribution >= 0.6 is 0 Å². The third-order valence-electron chi connectivity index (χ3n) is 1.60. The van der Waals surface area contributed by atoms with E-state index in [1.807, 2.05) is 0 Å². The second-order valence-corrected chi connectivity index (χ2v) is 2.51. The Kier molecular flexibility index (Phi) is 2.26. The van der Waals surface area contributed by atoms with Crippen molar-refractivity contribution in [1.82, 2.24) is 25.3 Å². The van der Waals surface area contributed by atoms with Crippen LogP contribution in [-0.4, -0.2) is 26.3 Å². The molecule has 0 unspecified atom stereocenters. The molecule has 0 saturated heterocycles. The molecule has 2 rings (SSSR count). The maximum absolute atomic E-state index is 9.92. The first-order valence-electron chi connectivity index (χ1n) is 3.93. The highest BCUT2D eigenvalue weighted by molar-refractivity contribution is 5.67.